The molecule has 1 aromatic heterocycles. The van der Waals surface area contributed by atoms with Gasteiger partial charge in [0, 0.05) is 45.4 Å². The number of cyclic esters (lactones) is 1. The predicted molar refractivity (Wildman–Crippen MR) is 186 cm³/mol. The number of rotatable bonds is 12. The molecule has 0 aromatic carbocycles. The number of aromatic nitrogens is 1. The highest BCUT2D eigenvalue weighted by Crippen LogP contribution is 2.34. The number of nitrogens with zero attached hydrogens (tertiary/aromatic N) is 1. The van der Waals surface area contributed by atoms with E-state index in [2.05, 4.69) is 41.9 Å². The van der Waals surface area contributed by atoms with E-state index in [0.717, 1.165) is 31.4 Å². The first-order valence-corrected chi connectivity index (χ1v) is 18.1. The van der Waals surface area contributed by atoms with Gasteiger partial charge in [0.1, 0.15) is 18.5 Å². The molecular formula is C38H56N2O10. The van der Waals surface area contributed by atoms with E-state index in [-0.39, 0.29) is 49.5 Å². The second-order valence-electron chi connectivity index (χ2n) is 14.0. The van der Waals surface area contributed by atoms with Crippen molar-refractivity contribution in [3.05, 3.63) is 48.2 Å². The lowest BCUT2D eigenvalue weighted by molar-refractivity contribution is -0.171. The van der Waals surface area contributed by atoms with E-state index in [1.165, 1.54) is 13.2 Å². The molecule has 0 radical (unpaired) electrons. The molecule has 0 spiro atoms. The fourth-order valence-corrected chi connectivity index (χ4v) is 6.66. The largest absolute Gasteiger partial charge is 0.459 e. The van der Waals surface area contributed by atoms with Crippen molar-refractivity contribution in [2.24, 2.45) is 11.8 Å². The molecular weight excluding hydrogens is 644 g/mol. The molecule has 4 bridgehead atoms. The Bertz CT molecular complexity index is 1310. The van der Waals surface area contributed by atoms with Crippen LogP contribution in [0.2, 0.25) is 0 Å². The molecule has 278 valence electrons. The highest BCUT2D eigenvalue weighted by Gasteiger charge is 2.38. The summed E-state index contributed by atoms with van der Waals surface area (Å²) in [6.45, 7) is 6.83. The number of aryl methyl sites for hydroxylation is 1. The van der Waals surface area contributed by atoms with Gasteiger partial charge in [-0.2, -0.15) is 0 Å². The maximum absolute atomic E-state index is 13.3. The second kappa shape index (κ2) is 20.4. The lowest BCUT2D eigenvalue weighted by Gasteiger charge is -2.40. The first-order chi connectivity index (χ1) is 24.1. The third kappa shape index (κ3) is 13.7. The molecule has 1 N–H and O–H groups in total. The average molecular weight is 701 g/mol. The highest BCUT2D eigenvalue weighted by atomic mass is 16.6. The van der Waals surface area contributed by atoms with Crippen molar-refractivity contribution < 1.29 is 47.2 Å². The molecule has 1 aromatic rings. The Labute approximate surface area is 296 Å². The number of allylic oxidation sites excluding steroid dienone is 2. The number of fused-ring (bicyclic) bond motifs is 4. The molecule has 3 fully saturated rings. The van der Waals surface area contributed by atoms with E-state index < -0.39 is 24.3 Å². The third-order valence-electron chi connectivity index (χ3n) is 9.35. The van der Waals surface area contributed by atoms with Crippen LogP contribution in [0.4, 0.5) is 4.79 Å². The van der Waals surface area contributed by atoms with Crippen molar-refractivity contribution in [1.29, 1.82) is 0 Å². The molecule has 12 heteroatoms. The topological polar surface area (TPSA) is 145 Å². The molecule has 0 aliphatic carbocycles. The minimum atomic E-state index is -0.517. The molecule has 3 aliphatic rings. The van der Waals surface area contributed by atoms with Crippen LogP contribution in [0.25, 0.3) is 6.08 Å². The molecule has 4 rings (SSSR count). The number of carbonyl (C=O) groups excluding carboxylic acids is 3. The molecule has 1 unspecified atom stereocenters. The van der Waals surface area contributed by atoms with Gasteiger partial charge in [0.05, 0.1) is 49.7 Å². The summed E-state index contributed by atoms with van der Waals surface area (Å²) in [6, 6.07) is 0. The zero-order chi connectivity index (χ0) is 35.9. The standard InChI is InChI=1S/C38H56N2O10/c1-25(2)10-8-12-28-18-29-16-15-26(3)34(48-29)22-30(44-4)19-31-20-32(21-33(47-31)23-37(42)49-28)50-36(41)14-7-6-11-27-24-46-35(40-27)13-9-17-39-38(43)45-5/h7-9,12-14,24-26,28-34H,6,10-11,15-23H2,1-5H3,(H,39,43)/b12-8+,13-9-,14-7-/t26-,28+,29-,30?,31+,32+,33+,34-/m0/s1. The Morgan fingerprint density at radius 3 is 2.58 bits per heavy atom. The number of hydrogen-bond donors (Lipinski definition) is 1. The van der Waals surface area contributed by atoms with E-state index in [1.54, 1.807) is 31.6 Å². The first kappa shape index (κ1) is 39.3. The van der Waals surface area contributed by atoms with Gasteiger partial charge in [0.15, 0.2) is 0 Å². The summed E-state index contributed by atoms with van der Waals surface area (Å²) >= 11 is 0. The third-order valence-corrected chi connectivity index (χ3v) is 9.35. The zero-order valence-corrected chi connectivity index (χ0v) is 30.3. The van der Waals surface area contributed by atoms with Crippen LogP contribution in [0.5, 0.6) is 0 Å². The van der Waals surface area contributed by atoms with Crippen molar-refractivity contribution >= 4 is 24.1 Å². The smallest absolute Gasteiger partial charge is 0.407 e. The minimum Gasteiger partial charge on any atom is -0.459 e. The Morgan fingerprint density at radius 2 is 1.80 bits per heavy atom. The van der Waals surface area contributed by atoms with Crippen LogP contribution in [0.3, 0.4) is 0 Å². The Kier molecular flexibility index (Phi) is 16.0. The van der Waals surface area contributed by atoms with Gasteiger partial charge in [-0.05, 0) is 62.5 Å². The maximum atomic E-state index is 13.3. The zero-order valence-electron chi connectivity index (χ0n) is 30.3. The van der Waals surface area contributed by atoms with Gasteiger partial charge in [-0.3, -0.25) is 4.79 Å². The molecule has 50 heavy (non-hydrogen) atoms. The van der Waals surface area contributed by atoms with Gasteiger partial charge in [0.25, 0.3) is 0 Å². The molecule has 12 nitrogen and oxygen atoms in total. The molecule has 0 saturated carbocycles. The molecule has 4 heterocycles. The van der Waals surface area contributed by atoms with Gasteiger partial charge < -0.3 is 38.2 Å². The second-order valence-corrected chi connectivity index (χ2v) is 14.0. The molecule has 8 atom stereocenters. The Morgan fingerprint density at radius 1 is 1.00 bits per heavy atom. The summed E-state index contributed by atoms with van der Waals surface area (Å²) < 4.78 is 40.8. The van der Waals surface area contributed by atoms with E-state index >= 15 is 0 Å². The number of ether oxygens (including phenoxy) is 6. The van der Waals surface area contributed by atoms with Gasteiger partial charge >= 0.3 is 18.0 Å². The number of hydrogen-bond acceptors (Lipinski definition) is 11. The fraction of sp³-hybridized carbons (Fsp3) is 0.684. The van der Waals surface area contributed by atoms with Gasteiger partial charge in [-0.1, -0.05) is 39.0 Å². The number of carbonyl (C=O) groups is 3. The van der Waals surface area contributed by atoms with Gasteiger partial charge in [-0.25, -0.2) is 14.6 Å². The van der Waals surface area contributed by atoms with Crippen LogP contribution >= 0.6 is 0 Å². The summed E-state index contributed by atoms with van der Waals surface area (Å²) in [7, 11) is 3.02. The molecule has 3 saturated heterocycles. The Balaban J connectivity index is 1.34. The van der Waals surface area contributed by atoms with Crippen molar-refractivity contribution in [3.8, 4) is 0 Å². The van der Waals surface area contributed by atoms with E-state index in [0.29, 0.717) is 56.3 Å². The van der Waals surface area contributed by atoms with Crippen molar-refractivity contribution in [2.45, 2.75) is 134 Å². The van der Waals surface area contributed by atoms with Crippen LogP contribution in [-0.2, 0) is 44.4 Å². The van der Waals surface area contributed by atoms with Crippen molar-refractivity contribution in [2.75, 3.05) is 20.8 Å². The van der Waals surface area contributed by atoms with Crippen LogP contribution < -0.4 is 5.32 Å². The first-order valence-electron chi connectivity index (χ1n) is 18.1. The lowest BCUT2D eigenvalue weighted by Crippen LogP contribution is -2.43. The summed E-state index contributed by atoms with van der Waals surface area (Å²) in [5, 5.41) is 2.54. The molecule has 3 aliphatic heterocycles. The van der Waals surface area contributed by atoms with Gasteiger partial charge in [0.2, 0.25) is 5.89 Å². The summed E-state index contributed by atoms with van der Waals surface area (Å²) in [6.07, 6.45) is 17.2. The number of esters is 2. The highest BCUT2D eigenvalue weighted by molar-refractivity contribution is 5.82. The SMILES string of the molecule is COC(=O)NC/C=C\c1nc(CC/C=C\C(=O)O[C@@H]2C[C@H]3CC(OC)C[C@@H]4O[C@@H](CC[C@@H]4C)C[C@@H](/C=C/CC(C)C)OC(=O)C[C@@H](C2)O3)co1. The number of nitrogens with one attached hydrogen (secondary N) is 1. The number of alkyl carbamates (subject to hydrolysis) is 1. The van der Waals surface area contributed by atoms with E-state index in [4.69, 9.17) is 28.1 Å². The summed E-state index contributed by atoms with van der Waals surface area (Å²) in [4.78, 5) is 41.7. The average Bonchev–Trinajstić information content (AvgIpc) is 3.52. The van der Waals surface area contributed by atoms with Gasteiger partial charge in [-0.15, -0.1) is 0 Å². The van der Waals surface area contributed by atoms with Crippen LogP contribution in [0.1, 0.15) is 96.6 Å². The fourth-order valence-electron chi connectivity index (χ4n) is 6.66. The number of methoxy groups -OCH3 is 2. The minimum absolute atomic E-state index is 0.0180. The number of oxazole rings is 1. The van der Waals surface area contributed by atoms with Crippen LogP contribution in [0.15, 0.2) is 41.1 Å². The number of amides is 1. The Hall–Kier alpha value is -3.48. The molecule has 1 amide bonds. The van der Waals surface area contributed by atoms with Crippen molar-refractivity contribution in [1.82, 2.24) is 10.3 Å². The quantitative estimate of drug-likeness (QED) is 0.114. The van der Waals surface area contributed by atoms with Crippen LogP contribution in [-0.4, -0.2) is 86.5 Å². The summed E-state index contributed by atoms with van der Waals surface area (Å²) in [5.41, 5.74) is 0.735. The maximum Gasteiger partial charge on any atom is 0.407 e. The van der Waals surface area contributed by atoms with E-state index in [9.17, 15) is 14.4 Å². The van der Waals surface area contributed by atoms with Crippen LogP contribution in [0, 0.1) is 11.8 Å². The lowest BCUT2D eigenvalue weighted by atomic mass is 9.86. The summed E-state index contributed by atoms with van der Waals surface area (Å²) in [5.74, 6) is 0.537. The van der Waals surface area contributed by atoms with Crippen molar-refractivity contribution in [3.63, 3.8) is 0 Å². The normalized spacial score (nSPS) is 29.6. The van der Waals surface area contributed by atoms with E-state index in [1.807, 2.05) is 6.08 Å². The monoisotopic (exact) mass is 700 g/mol. The predicted octanol–water partition coefficient (Wildman–Crippen LogP) is 6.28.